The van der Waals surface area contributed by atoms with Gasteiger partial charge >= 0.3 is 0 Å². The average Bonchev–Trinajstić information content (AvgIpc) is 3.38. The fourth-order valence-corrected chi connectivity index (χ4v) is 10.2. The van der Waals surface area contributed by atoms with Gasteiger partial charge in [-0.1, -0.05) is 27.7 Å². The van der Waals surface area contributed by atoms with Gasteiger partial charge in [-0.05, 0) is 135 Å². The van der Waals surface area contributed by atoms with Crippen molar-refractivity contribution in [3.8, 4) is 46.0 Å². The first-order valence-electron chi connectivity index (χ1n) is 29.2. The molecule has 8 unspecified atom stereocenters. The Kier molecular flexibility index (Phi) is 26.3. The monoisotopic (exact) mass is 1120 g/mol. The van der Waals surface area contributed by atoms with Crippen LogP contribution in [0.4, 0.5) is 0 Å². The lowest BCUT2D eigenvalue weighted by molar-refractivity contribution is -0.0664. The lowest BCUT2D eigenvalue weighted by Gasteiger charge is -2.31. The molecule has 5 rings (SSSR count). The lowest BCUT2D eigenvalue weighted by Crippen LogP contribution is -2.22. The third-order valence-electron chi connectivity index (χ3n) is 13.9. The van der Waals surface area contributed by atoms with E-state index in [9.17, 15) is 0 Å². The van der Waals surface area contributed by atoms with E-state index in [1.807, 2.05) is 135 Å². The fourth-order valence-electron chi connectivity index (χ4n) is 10.2. The third-order valence-corrected chi connectivity index (χ3v) is 13.9. The topological polar surface area (TPSA) is 148 Å². The van der Waals surface area contributed by atoms with Crippen LogP contribution in [0.3, 0.4) is 0 Å². The minimum absolute atomic E-state index is 0.426. The molecule has 16 nitrogen and oxygen atoms in total. The highest BCUT2D eigenvalue weighted by atomic mass is 16.7. The molecule has 8 bridgehead atoms. The van der Waals surface area contributed by atoms with Crippen LogP contribution >= 0.6 is 0 Å². The zero-order valence-electron chi connectivity index (χ0n) is 51.7. The normalized spacial score (nSPS) is 19.1. The minimum atomic E-state index is -0.629. The van der Waals surface area contributed by atoms with Crippen molar-refractivity contribution in [2.24, 2.45) is 0 Å². The summed E-state index contributed by atoms with van der Waals surface area (Å²) in [6.45, 7) is 42.7. The maximum absolute atomic E-state index is 6.84. The predicted octanol–water partition coefficient (Wildman–Crippen LogP) is 14.7. The summed E-state index contributed by atoms with van der Waals surface area (Å²) in [6, 6.07) is 16.4. The molecule has 1 aliphatic rings. The lowest BCUT2D eigenvalue weighted by atomic mass is 9.80. The summed E-state index contributed by atoms with van der Waals surface area (Å²) in [5.74, 6) is 2.66. The Labute approximate surface area is 478 Å². The molecule has 0 amide bonds. The van der Waals surface area contributed by atoms with Gasteiger partial charge in [0.2, 0.25) is 0 Å². The Hall–Kier alpha value is -5.04. The molecule has 0 fully saturated rings. The molecular weight excluding hydrogens is 1020 g/mol. The molecule has 448 valence electrons. The smallest absolute Gasteiger partial charge is 0.196 e. The van der Waals surface area contributed by atoms with Crippen LogP contribution in [-0.4, -0.2) is 103 Å². The van der Waals surface area contributed by atoms with E-state index in [1.54, 1.807) is 0 Å². The van der Waals surface area contributed by atoms with Gasteiger partial charge in [0, 0.05) is 145 Å². The van der Waals surface area contributed by atoms with Crippen molar-refractivity contribution < 1.29 is 75.8 Å². The van der Waals surface area contributed by atoms with Crippen LogP contribution in [0.5, 0.6) is 46.0 Å². The number of benzene rings is 4. The van der Waals surface area contributed by atoms with Crippen LogP contribution < -0.4 is 37.9 Å². The summed E-state index contributed by atoms with van der Waals surface area (Å²) in [5.41, 5.74) is 6.64. The highest BCUT2D eigenvalue weighted by Gasteiger charge is 2.34. The number of rotatable bonds is 32. The molecule has 1 aliphatic carbocycles. The fraction of sp³-hybridized carbons (Fsp3) is 0.625. The van der Waals surface area contributed by atoms with E-state index in [-0.39, 0.29) is 0 Å². The van der Waals surface area contributed by atoms with Gasteiger partial charge in [-0.25, -0.2) is 0 Å². The van der Waals surface area contributed by atoms with E-state index in [4.69, 9.17) is 75.8 Å². The summed E-state index contributed by atoms with van der Waals surface area (Å²) in [5, 5.41) is 0. The first kappa shape index (κ1) is 65.8. The van der Waals surface area contributed by atoms with Crippen LogP contribution in [0.15, 0.2) is 48.5 Å². The molecule has 0 aromatic heterocycles. The molecule has 0 spiro atoms. The van der Waals surface area contributed by atoms with Gasteiger partial charge < -0.3 is 75.8 Å². The van der Waals surface area contributed by atoms with Crippen LogP contribution in [0, 0.1) is 0 Å². The van der Waals surface area contributed by atoms with Gasteiger partial charge in [0.05, 0.1) is 0 Å². The van der Waals surface area contributed by atoms with Crippen molar-refractivity contribution >= 4 is 0 Å². The Balaban J connectivity index is 2.11. The molecule has 80 heavy (non-hydrogen) atoms. The van der Waals surface area contributed by atoms with E-state index in [2.05, 4.69) is 52.0 Å². The third kappa shape index (κ3) is 17.5. The standard InChI is InChI=1S/C64H96O16/c1-21-65-41(13)73-57-33-58(74-42(14)66-22-2)50-29-49(57)37(9)51-30-52(60(76-44(16)68-24-4)34-59(51)75-43(15)67-23-3)39(11)55-32-56(64(80-48(20)72-28-8)36-63(55)79-47(19)71-27-7)40(12)54-31-53(38(50)10)61(77-45(17)69-25-5)35-62(54)78-46(18)70-26-6/h29-48H,21-28H2,1-20H3. The zero-order valence-corrected chi connectivity index (χ0v) is 51.7. The van der Waals surface area contributed by atoms with Crippen LogP contribution in [0.25, 0.3) is 0 Å². The predicted molar refractivity (Wildman–Crippen MR) is 310 cm³/mol. The Morgan fingerprint density at radius 1 is 0.225 bits per heavy atom. The van der Waals surface area contributed by atoms with Crippen molar-refractivity contribution in [3.05, 3.63) is 93.0 Å². The highest BCUT2D eigenvalue weighted by Crippen LogP contribution is 2.52. The number of ether oxygens (including phenoxy) is 16. The second kappa shape index (κ2) is 32.0. The van der Waals surface area contributed by atoms with E-state index >= 15 is 0 Å². The molecule has 0 heterocycles. The van der Waals surface area contributed by atoms with Crippen molar-refractivity contribution in [1.82, 2.24) is 0 Å². The van der Waals surface area contributed by atoms with Crippen LogP contribution in [0.2, 0.25) is 0 Å². The summed E-state index contributed by atoms with van der Waals surface area (Å²) in [6.07, 6.45) is -5.04. The number of hydrogen-bond acceptors (Lipinski definition) is 16. The summed E-state index contributed by atoms with van der Waals surface area (Å²) in [7, 11) is 0. The van der Waals surface area contributed by atoms with E-state index in [0.29, 0.717) is 98.9 Å². The second-order valence-corrected chi connectivity index (χ2v) is 19.7. The molecule has 16 heteroatoms. The minimum Gasteiger partial charge on any atom is -0.465 e. The molecule has 0 saturated heterocycles. The Morgan fingerprint density at radius 3 is 0.438 bits per heavy atom. The zero-order chi connectivity index (χ0) is 58.8. The maximum Gasteiger partial charge on any atom is 0.196 e. The van der Waals surface area contributed by atoms with E-state index in [1.165, 1.54) is 0 Å². The van der Waals surface area contributed by atoms with Gasteiger partial charge in [-0.15, -0.1) is 0 Å². The highest BCUT2D eigenvalue weighted by molar-refractivity contribution is 5.63. The van der Waals surface area contributed by atoms with Gasteiger partial charge in [-0.3, -0.25) is 0 Å². The first-order valence-corrected chi connectivity index (χ1v) is 29.2. The molecule has 8 atom stereocenters. The molecule has 0 aliphatic heterocycles. The summed E-state index contributed by atoms with van der Waals surface area (Å²) >= 11 is 0. The molecular formula is C64H96O16. The van der Waals surface area contributed by atoms with Gasteiger partial charge in [0.15, 0.2) is 50.3 Å². The van der Waals surface area contributed by atoms with Crippen molar-refractivity contribution in [3.63, 3.8) is 0 Å². The Bertz CT molecular complexity index is 2030. The van der Waals surface area contributed by atoms with Gasteiger partial charge in [0.1, 0.15) is 46.0 Å². The summed E-state index contributed by atoms with van der Waals surface area (Å²) < 4.78 is 103. The van der Waals surface area contributed by atoms with Crippen molar-refractivity contribution in [2.75, 3.05) is 52.9 Å². The van der Waals surface area contributed by atoms with Crippen LogP contribution in [0.1, 0.15) is 207 Å². The largest absolute Gasteiger partial charge is 0.465 e. The number of fused-ring (bicyclic) bond motifs is 8. The summed E-state index contributed by atoms with van der Waals surface area (Å²) in [4.78, 5) is 0. The van der Waals surface area contributed by atoms with Gasteiger partial charge in [-0.2, -0.15) is 0 Å². The van der Waals surface area contributed by atoms with Crippen molar-refractivity contribution in [2.45, 2.75) is 212 Å². The average molecular weight is 1120 g/mol. The quantitative estimate of drug-likeness (QED) is 0.0427. The first-order chi connectivity index (χ1) is 38.2. The maximum atomic E-state index is 6.84. The van der Waals surface area contributed by atoms with E-state index in [0.717, 1.165) is 44.5 Å². The molecule has 4 aromatic rings. The molecule has 0 radical (unpaired) electrons. The van der Waals surface area contributed by atoms with Crippen molar-refractivity contribution in [1.29, 1.82) is 0 Å². The Morgan fingerprint density at radius 2 is 0.338 bits per heavy atom. The van der Waals surface area contributed by atoms with E-state index < -0.39 is 74.0 Å². The SMILES string of the molecule is CCOC(C)Oc1cc(OC(C)OCC)c2cc1C(C)c1cc(c(OC(C)OCC)cc1OC(C)OCC)C(C)c1cc(c(OC(C)OCC)cc1OC(C)OCC)C(C)c1cc(c(OC(C)OCC)cc1OC(C)OCC)C2C. The van der Waals surface area contributed by atoms with Gasteiger partial charge in [0.25, 0.3) is 0 Å². The molecule has 4 aromatic carbocycles. The number of hydrogen-bond donors (Lipinski definition) is 0. The second-order valence-electron chi connectivity index (χ2n) is 19.7. The van der Waals surface area contributed by atoms with Crippen LogP contribution in [-0.2, 0) is 37.9 Å². The molecule has 0 N–H and O–H groups in total. The molecule has 0 saturated carbocycles.